The quantitative estimate of drug-likeness (QED) is 0.579. The largest absolute Gasteiger partial charge is 0.422 e. The van der Waals surface area contributed by atoms with Gasteiger partial charge in [0.2, 0.25) is 6.23 Å². The zero-order chi connectivity index (χ0) is 14.8. The van der Waals surface area contributed by atoms with Gasteiger partial charge in [-0.05, 0) is 0 Å². The zero-order valence-electron chi connectivity index (χ0n) is 10.7. The molecule has 10 heteroatoms. The molecule has 2 aliphatic heterocycles. The summed E-state index contributed by atoms with van der Waals surface area (Å²) in [6, 6.07) is 2.24. The van der Waals surface area contributed by atoms with Gasteiger partial charge in [0.25, 0.3) is 0 Å². The van der Waals surface area contributed by atoms with Crippen LogP contribution in [-0.4, -0.2) is 30.6 Å². The van der Waals surface area contributed by atoms with E-state index in [1.807, 2.05) is 0 Å². The molecule has 0 amide bonds. The van der Waals surface area contributed by atoms with Crippen LogP contribution >= 0.6 is 0 Å². The summed E-state index contributed by atoms with van der Waals surface area (Å²) < 4.78 is 18.5. The van der Waals surface area contributed by atoms with Crippen LogP contribution in [0, 0.1) is 5.82 Å². The zero-order valence-corrected chi connectivity index (χ0v) is 10.7. The van der Waals surface area contributed by atoms with E-state index in [4.69, 9.17) is 29.8 Å². The third kappa shape index (κ3) is 2.89. The Hall–Kier alpha value is -1.98. The van der Waals surface area contributed by atoms with E-state index in [0.29, 0.717) is 13.0 Å². The highest BCUT2D eigenvalue weighted by atomic mass is 19.1. The van der Waals surface area contributed by atoms with Crippen molar-refractivity contribution in [3.63, 3.8) is 0 Å². The minimum atomic E-state index is -0.771. The van der Waals surface area contributed by atoms with Crippen molar-refractivity contribution < 1.29 is 33.3 Å². The number of rotatable bonds is 3. The Morgan fingerprint density at radius 1 is 1.48 bits per heavy atom. The molecule has 0 bridgehead atoms. The number of carbonyl (C=O) groups is 1. The van der Waals surface area contributed by atoms with Crippen molar-refractivity contribution in [2.45, 2.75) is 12.6 Å². The number of nitrogens with two attached hydrogens (primary N) is 1. The molecule has 1 aromatic carbocycles. The van der Waals surface area contributed by atoms with Crippen LogP contribution < -0.4 is 25.8 Å². The Labute approximate surface area is 118 Å². The van der Waals surface area contributed by atoms with Gasteiger partial charge in [-0.1, -0.05) is 5.64 Å². The molecule has 0 spiro atoms. The fraction of sp³-hybridized carbons (Fsp3) is 0.364. The highest BCUT2D eigenvalue weighted by Crippen LogP contribution is 2.40. The standard InChI is InChI=1S/C11H12FN3O6/c12-6-3-8-9(4-7(6)18-11(16)5-13)21-15(20-8)10-1-2-17-14-19-10/h3-4,10,14H,1-2,5,13H2. The molecule has 2 aliphatic rings. The van der Waals surface area contributed by atoms with E-state index in [9.17, 15) is 9.18 Å². The Morgan fingerprint density at radius 3 is 2.90 bits per heavy atom. The number of benzene rings is 1. The predicted octanol–water partition coefficient (Wildman–Crippen LogP) is -0.224. The number of carbonyl (C=O) groups excluding carboxylic acids is 1. The molecular weight excluding hydrogens is 289 g/mol. The number of nitrogens with zero attached hydrogens (tertiary/aromatic N) is 1. The number of nitrogens with one attached hydrogen (secondary N) is 1. The Balaban J connectivity index is 1.75. The van der Waals surface area contributed by atoms with Crippen molar-refractivity contribution in [2.75, 3.05) is 13.2 Å². The number of ether oxygens (including phenoxy) is 1. The minimum absolute atomic E-state index is 0.134. The minimum Gasteiger partial charge on any atom is -0.422 e. The molecule has 21 heavy (non-hydrogen) atoms. The lowest BCUT2D eigenvalue weighted by atomic mass is 10.3. The summed E-state index contributed by atoms with van der Waals surface area (Å²) in [5.74, 6) is -1.50. The third-order valence-corrected chi connectivity index (χ3v) is 2.71. The number of halogens is 1. The predicted molar refractivity (Wildman–Crippen MR) is 62.8 cm³/mol. The molecule has 9 nitrogen and oxygen atoms in total. The molecule has 114 valence electrons. The lowest BCUT2D eigenvalue weighted by molar-refractivity contribution is -0.376. The summed E-state index contributed by atoms with van der Waals surface area (Å²) in [6.07, 6.45) is -0.109. The van der Waals surface area contributed by atoms with Gasteiger partial charge >= 0.3 is 5.97 Å². The van der Waals surface area contributed by atoms with Gasteiger partial charge in [-0.2, -0.15) is 0 Å². The smallest absolute Gasteiger partial charge is 0.325 e. The third-order valence-electron chi connectivity index (χ3n) is 2.71. The molecule has 3 rings (SSSR count). The molecule has 0 radical (unpaired) electrons. The van der Waals surface area contributed by atoms with E-state index in [1.165, 1.54) is 6.07 Å². The lowest BCUT2D eigenvalue weighted by Gasteiger charge is -2.26. The summed E-state index contributed by atoms with van der Waals surface area (Å²) in [5, 5.41) is 1.05. The Bertz CT molecular complexity index is 551. The van der Waals surface area contributed by atoms with Crippen LogP contribution in [0.5, 0.6) is 17.2 Å². The fourth-order valence-electron chi connectivity index (χ4n) is 1.73. The van der Waals surface area contributed by atoms with Crippen LogP contribution in [-0.2, 0) is 14.5 Å². The van der Waals surface area contributed by atoms with Gasteiger partial charge in [0, 0.05) is 18.6 Å². The van der Waals surface area contributed by atoms with Crippen molar-refractivity contribution >= 4 is 5.97 Å². The van der Waals surface area contributed by atoms with Crippen LogP contribution in [0.1, 0.15) is 6.42 Å². The second kappa shape index (κ2) is 5.79. The molecule has 0 aromatic heterocycles. The average molecular weight is 301 g/mol. The average Bonchev–Trinajstić information content (AvgIpc) is 2.91. The topological polar surface area (TPSA) is 105 Å². The van der Waals surface area contributed by atoms with Crippen LogP contribution in [0.25, 0.3) is 0 Å². The molecule has 1 unspecified atom stereocenters. The number of hydrogen-bond donors (Lipinski definition) is 2. The van der Waals surface area contributed by atoms with E-state index in [1.54, 1.807) is 0 Å². The first-order chi connectivity index (χ1) is 10.2. The molecule has 3 N–H and O–H groups in total. The van der Waals surface area contributed by atoms with Crippen LogP contribution in [0.4, 0.5) is 4.39 Å². The van der Waals surface area contributed by atoms with Crippen LogP contribution in [0.2, 0.25) is 0 Å². The van der Waals surface area contributed by atoms with E-state index in [2.05, 4.69) is 5.64 Å². The van der Waals surface area contributed by atoms with Crippen LogP contribution in [0.15, 0.2) is 12.1 Å². The van der Waals surface area contributed by atoms with Gasteiger partial charge < -0.3 is 20.1 Å². The molecule has 0 saturated carbocycles. The molecule has 2 heterocycles. The second-order valence-electron chi connectivity index (χ2n) is 4.17. The maximum Gasteiger partial charge on any atom is 0.325 e. The van der Waals surface area contributed by atoms with Gasteiger partial charge in [-0.15, -0.1) is 0 Å². The number of esters is 1. The van der Waals surface area contributed by atoms with Gasteiger partial charge in [0.15, 0.2) is 23.1 Å². The second-order valence-corrected chi connectivity index (χ2v) is 4.17. The van der Waals surface area contributed by atoms with Crippen molar-refractivity contribution in [1.82, 2.24) is 10.9 Å². The SMILES string of the molecule is NCC(=O)Oc1cc2c(cc1F)ON(C1CCONO1)O2. The van der Waals surface area contributed by atoms with Crippen molar-refractivity contribution in [1.29, 1.82) is 0 Å². The fourth-order valence-corrected chi connectivity index (χ4v) is 1.73. The highest BCUT2D eigenvalue weighted by Gasteiger charge is 2.34. The van der Waals surface area contributed by atoms with E-state index < -0.39 is 18.0 Å². The maximum absolute atomic E-state index is 13.8. The first-order valence-corrected chi connectivity index (χ1v) is 6.09. The van der Waals surface area contributed by atoms with E-state index in [0.717, 1.165) is 11.3 Å². The summed E-state index contributed by atoms with van der Waals surface area (Å²) in [5.41, 5.74) is 7.34. The van der Waals surface area contributed by atoms with Gasteiger partial charge in [-0.25, -0.2) is 4.39 Å². The molecule has 1 atom stereocenters. The summed E-state index contributed by atoms with van der Waals surface area (Å²) in [6.45, 7) is 0.0273. The Morgan fingerprint density at radius 2 is 2.24 bits per heavy atom. The van der Waals surface area contributed by atoms with Crippen LogP contribution in [0.3, 0.4) is 0 Å². The summed E-state index contributed by atoms with van der Waals surface area (Å²) in [7, 11) is 0. The molecule has 0 aliphatic carbocycles. The first-order valence-electron chi connectivity index (χ1n) is 6.09. The lowest BCUT2D eigenvalue weighted by Crippen LogP contribution is -2.46. The van der Waals surface area contributed by atoms with E-state index >= 15 is 0 Å². The van der Waals surface area contributed by atoms with Gasteiger partial charge in [0.05, 0.1) is 18.4 Å². The van der Waals surface area contributed by atoms with Crippen molar-refractivity contribution in [3.8, 4) is 17.2 Å². The summed E-state index contributed by atoms with van der Waals surface area (Å²) >= 11 is 0. The molecular formula is C11H12FN3O6. The molecule has 1 fully saturated rings. The first kappa shape index (κ1) is 14.0. The number of hydroxylamine groups is 2. The number of hydrogen-bond acceptors (Lipinski definition) is 9. The molecule has 1 aromatic rings. The van der Waals surface area contributed by atoms with Crippen molar-refractivity contribution in [2.24, 2.45) is 5.73 Å². The maximum atomic E-state index is 13.8. The van der Waals surface area contributed by atoms with E-state index in [-0.39, 0.29) is 23.8 Å². The normalized spacial score (nSPS) is 21.3. The van der Waals surface area contributed by atoms with Gasteiger partial charge in [-0.3, -0.25) is 14.5 Å². The van der Waals surface area contributed by atoms with Crippen molar-refractivity contribution in [3.05, 3.63) is 17.9 Å². The molecule has 1 saturated heterocycles. The van der Waals surface area contributed by atoms with Gasteiger partial charge in [0.1, 0.15) is 0 Å². The monoisotopic (exact) mass is 301 g/mol. The number of fused-ring (bicyclic) bond motifs is 1. The summed E-state index contributed by atoms with van der Waals surface area (Å²) in [4.78, 5) is 31.6. The highest BCUT2D eigenvalue weighted by molar-refractivity contribution is 5.74. The Kier molecular flexibility index (Phi) is 3.86.